The molecule has 4 nitrogen and oxygen atoms in total. The van der Waals surface area contributed by atoms with Crippen LogP contribution in [0.1, 0.15) is 6.92 Å². The normalized spacial score (nSPS) is 12.6. The number of rotatable bonds is 5. The van der Waals surface area contributed by atoms with Gasteiger partial charge in [-0.15, -0.1) is 0 Å². The van der Waals surface area contributed by atoms with Gasteiger partial charge >= 0.3 is 0 Å². The lowest BCUT2D eigenvalue weighted by molar-refractivity contribution is 0.279. The van der Waals surface area contributed by atoms with E-state index in [-0.39, 0.29) is 6.17 Å². The van der Waals surface area contributed by atoms with Crippen LogP contribution in [-0.2, 0) is 0 Å². The van der Waals surface area contributed by atoms with E-state index in [1.807, 2.05) is 12.1 Å². The fraction of sp³-hybridized carbons (Fsp3) is 0.300. The SMILES string of the molecule is COc1ccc(-c2cn(N(C)C(C)N(C)C)c3ccccc23)cc1. The molecule has 0 saturated heterocycles. The summed E-state index contributed by atoms with van der Waals surface area (Å²) in [7, 11) is 8.00. The summed E-state index contributed by atoms with van der Waals surface area (Å²) < 4.78 is 7.51. The van der Waals surface area contributed by atoms with E-state index in [1.165, 1.54) is 22.0 Å². The second-order valence-corrected chi connectivity index (χ2v) is 6.30. The molecule has 3 aromatic rings. The molecule has 0 aliphatic carbocycles. The molecule has 1 aromatic heterocycles. The highest BCUT2D eigenvalue weighted by Crippen LogP contribution is 2.32. The molecule has 0 spiro atoms. The van der Waals surface area contributed by atoms with Crippen LogP contribution in [0, 0.1) is 0 Å². The zero-order valence-corrected chi connectivity index (χ0v) is 15.0. The Morgan fingerprint density at radius 3 is 2.25 bits per heavy atom. The average Bonchev–Trinajstić information content (AvgIpc) is 3.00. The molecule has 1 heterocycles. The second kappa shape index (κ2) is 6.57. The van der Waals surface area contributed by atoms with Crippen LogP contribution in [0.15, 0.2) is 54.7 Å². The predicted octanol–water partition coefficient (Wildman–Crippen LogP) is 3.79. The summed E-state index contributed by atoms with van der Waals surface area (Å²) in [6.45, 7) is 2.20. The van der Waals surface area contributed by atoms with Crippen molar-refractivity contribution in [3.63, 3.8) is 0 Å². The number of methoxy groups -OCH3 is 1. The summed E-state index contributed by atoms with van der Waals surface area (Å²) in [4.78, 5) is 2.20. The van der Waals surface area contributed by atoms with Crippen molar-refractivity contribution in [2.75, 3.05) is 33.3 Å². The first-order chi connectivity index (χ1) is 11.5. The van der Waals surface area contributed by atoms with E-state index in [1.54, 1.807) is 7.11 Å². The molecule has 24 heavy (non-hydrogen) atoms. The highest BCUT2D eigenvalue weighted by Gasteiger charge is 2.17. The molecule has 126 valence electrons. The Labute approximate surface area is 143 Å². The van der Waals surface area contributed by atoms with Gasteiger partial charge in [-0.3, -0.25) is 14.6 Å². The molecule has 0 aliphatic rings. The van der Waals surface area contributed by atoms with Gasteiger partial charge in [0, 0.05) is 24.2 Å². The van der Waals surface area contributed by atoms with E-state index in [0.29, 0.717) is 0 Å². The van der Waals surface area contributed by atoms with Gasteiger partial charge in [-0.2, -0.15) is 0 Å². The number of ether oxygens (including phenoxy) is 1. The summed E-state index contributed by atoms with van der Waals surface area (Å²) in [5.41, 5.74) is 3.63. The lowest BCUT2D eigenvalue weighted by Gasteiger charge is -2.33. The molecule has 0 aliphatic heterocycles. The summed E-state index contributed by atoms with van der Waals surface area (Å²) in [6, 6.07) is 16.8. The molecule has 1 unspecified atom stereocenters. The Morgan fingerprint density at radius 1 is 0.958 bits per heavy atom. The molecule has 3 rings (SSSR count). The third kappa shape index (κ3) is 2.85. The molecular formula is C20H25N3O. The number of hydrogen-bond donors (Lipinski definition) is 0. The zero-order valence-electron chi connectivity index (χ0n) is 15.0. The van der Waals surface area contributed by atoms with Crippen LogP contribution < -0.4 is 9.75 Å². The first kappa shape index (κ1) is 16.4. The minimum atomic E-state index is 0.282. The summed E-state index contributed by atoms with van der Waals surface area (Å²) in [6.07, 6.45) is 2.50. The highest BCUT2D eigenvalue weighted by atomic mass is 16.5. The molecule has 0 N–H and O–H groups in total. The van der Waals surface area contributed by atoms with Crippen LogP contribution in [0.4, 0.5) is 0 Å². The van der Waals surface area contributed by atoms with E-state index in [2.05, 4.69) is 85.2 Å². The average molecular weight is 323 g/mol. The Bertz CT molecular complexity index is 821. The summed E-state index contributed by atoms with van der Waals surface area (Å²) in [5.74, 6) is 0.876. The van der Waals surface area contributed by atoms with Crippen LogP contribution in [0.2, 0.25) is 0 Å². The standard InChI is InChI=1S/C20H25N3O/c1-15(21(2)3)22(4)23-14-19(18-8-6-7-9-20(18)23)16-10-12-17(24-5)13-11-16/h6-15H,1-5H3. The van der Waals surface area contributed by atoms with Gasteiger partial charge in [0.05, 0.1) is 18.8 Å². The summed E-state index contributed by atoms with van der Waals surface area (Å²) >= 11 is 0. The van der Waals surface area contributed by atoms with Gasteiger partial charge in [-0.1, -0.05) is 30.3 Å². The van der Waals surface area contributed by atoms with Crippen LogP contribution in [0.3, 0.4) is 0 Å². The van der Waals surface area contributed by atoms with Crippen molar-refractivity contribution in [2.45, 2.75) is 13.1 Å². The van der Waals surface area contributed by atoms with Crippen molar-refractivity contribution in [2.24, 2.45) is 0 Å². The molecule has 0 saturated carbocycles. The zero-order chi connectivity index (χ0) is 17.3. The van der Waals surface area contributed by atoms with Crippen LogP contribution >= 0.6 is 0 Å². The minimum absolute atomic E-state index is 0.282. The molecule has 0 bridgehead atoms. The van der Waals surface area contributed by atoms with Gasteiger partial charge in [0.1, 0.15) is 5.75 Å². The minimum Gasteiger partial charge on any atom is -0.497 e. The van der Waals surface area contributed by atoms with Gasteiger partial charge in [-0.25, -0.2) is 0 Å². The molecule has 4 heteroatoms. The highest BCUT2D eigenvalue weighted by molar-refractivity contribution is 5.96. The number of para-hydroxylation sites is 1. The van der Waals surface area contributed by atoms with E-state index >= 15 is 0 Å². The lowest BCUT2D eigenvalue weighted by Crippen LogP contribution is -2.46. The van der Waals surface area contributed by atoms with Gasteiger partial charge < -0.3 is 4.74 Å². The Kier molecular flexibility index (Phi) is 4.49. The molecule has 0 fully saturated rings. The molecular weight excluding hydrogens is 298 g/mol. The third-order valence-electron chi connectivity index (χ3n) is 4.72. The summed E-state index contributed by atoms with van der Waals surface area (Å²) in [5, 5.41) is 3.50. The Hall–Kier alpha value is -2.46. The third-order valence-corrected chi connectivity index (χ3v) is 4.72. The van der Waals surface area contributed by atoms with Crippen molar-refractivity contribution in [1.82, 2.24) is 9.58 Å². The quantitative estimate of drug-likeness (QED) is 0.666. The van der Waals surface area contributed by atoms with Gasteiger partial charge in [0.25, 0.3) is 0 Å². The van der Waals surface area contributed by atoms with Crippen molar-refractivity contribution in [1.29, 1.82) is 0 Å². The van der Waals surface area contributed by atoms with E-state index in [9.17, 15) is 0 Å². The van der Waals surface area contributed by atoms with Crippen molar-refractivity contribution >= 4 is 10.9 Å². The monoisotopic (exact) mass is 323 g/mol. The number of nitrogens with zero attached hydrogens (tertiary/aromatic N) is 3. The van der Waals surface area contributed by atoms with Crippen LogP contribution in [0.25, 0.3) is 22.0 Å². The topological polar surface area (TPSA) is 20.6 Å². The molecule has 2 aromatic carbocycles. The maximum absolute atomic E-state index is 5.27. The smallest absolute Gasteiger partial charge is 0.118 e. The second-order valence-electron chi connectivity index (χ2n) is 6.30. The fourth-order valence-electron chi connectivity index (χ4n) is 2.94. The molecule has 1 atom stereocenters. The fourth-order valence-corrected chi connectivity index (χ4v) is 2.94. The van der Waals surface area contributed by atoms with E-state index in [4.69, 9.17) is 4.74 Å². The Morgan fingerprint density at radius 2 is 1.62 bits per heavy atom. The number of benzene rings is 2. The van der Waals surface area contributed by atoms with Crippen molar-refractivity contribution in [3.05, 3.63) is 54.7 Å². The first-order valence-corrected chi connectivity index (χ1v) is 8.17. The predicted molar refractivity (Wildman–Crippen MR) is 101 cm³/mol. The number of hydrogen-bond acceptors (Lipinski definition) is 3. The number of aromatic nitrogens is 1. The molecule has 0 amide bonds. The Balaban J connectivity index is 2.12. The maximum atomic E-state index is 5.27. The maximum Gasteiger partial charge on any atom is 0.118 e. The largest absolute Gasteiger partial charge is 0.497 e. The lowest BCUT2D eigenvalue weighted by atomic mass is 10.0. The van der Waals surface area contributed by atoms with Crippen molar-refractivity contribution < 1.29 is 4.74 Å². The van der Waals surface area contributed by atoms with Crippen molar-refractivity contribution in [3.8, 4) is 16.9 Å². The van der Waals surface area contributed by atoms with E-state index in [0.717, 1.165) is 5.75 Å². The van der Waals surface area contributed by atoms with Crippen LogP contribution in [-0.4, -0.2) is 44.0 Å². The van der Waals surface area contributed by atoms with Gasteiger partial charge in [0.2, 0.25) is 0 Å². The first-order valence-electron chi connectivity index (χ1n) is 8.17. The van der Waals surface area contributed by atoms with E-state index < -0.39 is 0 Å². The van der Waals surface area contributed by atoms with Gasteiger partial charge in [-0.05, 0) is 44.8 Å². The van der Waals surface area contributed by atoms with Gasteiger partial charge in [0.15, 0.2) is 0 Å². The number of fused-ring (bicyclic) bond motifs is 1. The van der Waals surface area contributed by atoms with Crippen LogP contribution in [0.5, 0.6) is 5.75 Å². The molecule has 0 radical (unpaired) electrons.